The minimum atomic E-state index is 0.223. The van der Waals surface area contributed by atoms with Gasteiger partial charge in [-0.05, 0) is 47.1 Å². The Morgan fingerprint density at radius 2 is 2.06 bits per heavy atom. The van der Waals surface area contributed by atoms with E-state index < -0.39 is 0 Å². The van der Waals surface area contributed by atoms with Gasteiger partial charge < -0.3 is 15.0 Å². The van der Waals surface area contributed by atoms with E-state index in [2.05, 4.69) is 37.7 Å². The van der Waals surface area contributed by atoms with Crippen molar-refractivity contribution >= 4 is 0 Å². The fraction of sp³-hybridized carbons (Fsp3) is 0.867. The van der Waals surface area contributed by atoms with Crippen molar-refractivity contribution in [1.29, 1.82) is 0 Å². The molecule has 0 aliphatic carbocycles. The molecule has 3 heteroatoms. The number of ether oxygens (including phenoxy) is 1. The van der Waals surface area contributed by atoms with E-state index >= 15 is 0 Å². The molecule has 3 unspecified atom stereocenters. The van der Waals surface area contributed by atoms with Crippen LogP contribution in [-0.4, -0.2) is 42.7 Å². The molecule has 1 fully saturated rings. The monoisotopic (exact) mass is 254 g/mol. The molecule has 1 heterocycles. The summed E-state index contributed by atoms with van der Waals surface area (Å²) >= 11 is 0. The first-order valence-electron chi connectivity index (χ1n) is 7.25. The van der Waals surface area contributed by atoms with Gasteiger partial charge in [0.25, 0.3) is 0 Å². The standard InChI is InChI=1S/C15H30N2O/c1-7-12(4)17(6)10-14-8-9-15(16-14)13(5)18-11(2)3/h11-12,14-16H,5,7-10H2,1-4,6H3. The number of rotatable bonds is 7. The minimum absolute atomic E-state index is 0.223. The highest BCUT2D eigenvalue weighted by Gasteiger charge is 2.28. The molecule has 1 N–H and O–H groups in total. The zero-order valence-electron chi connectivity index (χ0n) is 12.7. The highest BCUT2D eigenvalue weighted by Crippen LogP contribution is 2.20. The van der Waals surface area contributed by atoms with Crippen LogP contribution in [0.5, 0.6) is 0 Å². The second-order valence-electron chi connectivity index (χ2n) is 5.82. The Bertz CT molecular complexity index is 265. The summed E-state index contributed by atoms with van der Waals surface area (Å²) in [6.45, 7) is 13.8. The van der Waals surface area contributed by atoms with Crippen LogP contribution in [0, 0.1) is 0 Å². The number of likely N-dealkylation sites (N-methyl/N-ethyl adjacent to an activating group) is 1. The fourth-order valence-electron chi connectivity index (χ4n) is 2.44. The van der Waals surface area contributed by atoms with E-state index in [4.69, 9.17) is 4.74 Å². The summed E-state index contributed by atoms with van der Waals surface area (Å²) in [6.07, 6.45) is 3.79. The van der Waals surface area contributed by atoms with Gasteiger partial charge in [-0.1, -0.05) is 13.5 Å². The lowest BCUT2D eigenvalue weighted by Gasteiger charge is -2.27. The molecule has 106 valence electrons. The van der Waals surface area contributed by atoms with E-state index in [0.29, 0.717) is 18.1 Å². The average Bonchev–Trinajstić information content (AvgIpc) is 2.75. The Morgan fingerprint density at radius 3 is 2.61 bits per heavy atom. The Morgan fingerprint density at radius 1 is 1.39 bits per heavy atom. The van der Waals surface area contributed by atoms with E-state index in [9.17, 15) is 0 Å². The summed E-state index contributed by atoms with van der Waals surface area (Å²) in [5.74, 6) is 0.902. The lowest BCUT2D eigenvalue weighted by Crippen LogP contribution is -2.42. The summed E-state index contributed by atoms with van der Waals surface area (Å²) in [5.41, 5.74) is 0. The summed E-state index contributed by atoms with van der Waals surface area (Å²) in [7, 11) is 2.21. The van der Waals surface area contributed by atoms with Gasteiger partial charge in [0.15, 0.2) is 0 Å². The zero-order valence-corrected chi connectivity index (χ0v) is 12.7. The van der Waals surface area contributed by atoms with Crippen molar-refractivity contribution in [3.05, 3.63) is 12.3 Å². The smallest absolute Gasteiger partial charge is 0.106 e. The summed E-state index contributed by atoms with van der Waals surface area (Å²) in [4.78, 5) is 2.44. The molecule has 1 rings (SSSR count). The highest BCUT2D eigenvalue weighted by molar-refractivity contribution is 5.03. The van der Waals surface area contributed by atoms with Crippen LogP contribution in [-0.2, 0) is 4.74 Å². The van der Waals surface area contributed by atoms with Crippen molar-refractivity contribution < 1.29 is 4.74 Å². The molecule has 3 atom stereocenters. The van der Waals surface area contributed by atoms with Crippen LogP contribution in [0.1, 0.15) is 47.0 Å². The molecule has 1 saturated heterocycles. The van der Waals surface area contributed by atoms with Crippen LogP contribution in [0.2, 0.25) is 0 Å². The Kier molecular flexibility index (Phi) is 6.16. The maximum Gasteiger partial charge on any atom is 0.106 e. The van der Waals surface area contributed by atoms with Gasteiger partial charge in [0.1, 0.15) is 5.76 Å². The maximum absolute atomic E-state index is 5.69. The van der Waals surface area contributed by atoms with Crippen LogP contribution >= 0.6 is 0 Å². The lowest BCUT2D eigenvalue weighted by atomic mass is 10.1. The number of hydrogen-bond donors (Lipinski definition) is 1. The van der Waals surface area contributed by atoms with Crippen molar-refractivity contribution in [2.75, 3.05) is 13.6 Å². The van der Waals surface area contributed by atoms with E-state index in [0.717, 1.165) is 18.7 Å². The Hall–Kier alpha value is -0.540. The molecule has 0 saturated carbocycles. The van der Waals surface area contributed by atoms with Gasteiger partial charge in [-0.2, -0.15) is 0 Å². The zero-order chi connectivity index (χ0) is 13.7. The predicted octanol–water partition coefficient (Wildman–Crippen LogP) is 2.78. The van der Waals surface area contributed by atoms with Crippen LogP contribution in [0.15, 0.2) is 12.3 Å². The molecule has 0 bridgehead atoms. The summed E-state index contributed by atoms with van der Waals surface area (Å²) < 4.78 is 5.69. The molecule has 0 amide bonds. The topological polar surface area (TPSA) is 24.5 Å². The molecular weight excluding hydrogens is 224 g/mol. The van der Waals surface area contributed by atoms with Crippen LogP contribution < -0.4 is 5.32 Å². The van der Waals surface area contributed by atoms with E-state index in [-0.39, 0.29) is 6.10 Å². The van der Waals surface area contributed by atoms with E-state index in [1.165, 1.54) is 12.8 Å². The van der Waals surface area contributed by atoms with E-state index in [1.54, 1.807) is 0 Å². The van der Waals surface area contributed by atoms with Crippen LogP contribution in [0.4, 0.5) is 0 Å². The second-order valence-corrected chi connectivity index (χ2v) is 5.82. The third-order valence-corrected chi connectivity index (χ3v) is 3.87. The SMILES string of the molecule is C=C(OC(C)C)C1CCC(CN(C)C(C)CC)N1. The molecule has 0 aromatic rings. The molecule has 0 aromatic carbocycles. The third kappa shape index (κ3) is 4.62. The highest BCUT2D eigenvalue weighted by atomic mass is 16.5. The summed E-state index contributed by atoms with van der Waals surface area (Å²) in [5, 5.41) is 3.64. The largest absolute Gasteiger partial charge is 0.494 e. The minimum Gasteiger partial charge on any atom is -0.494 e. The molecule has 1 aliphatic rings. The van der Waals surface area contributed by atoms with Gasteiger partial charge in [0.05, 0.1) is 12.1 Å². The first-order chi connectivity index (χ1) is 8.43. The van der Waals surface area contributed by atoms with Crippen LogP contribution in [0.25, 0.3) is 0 Å². The first kappa shape index (κ1) is 15.5. The number of nitrogens with one attached hydrogen (secondary N) is 1. The quantitative estimate of drug-likeness (QED) is 0.707. The van der Waals surface area contributed by atoms with E-state index in [1.807, 2.05) is 13.8 Å². The van der Waals surface area contributed by atoms with Gasteiger partial charge >= 0.3 is 0 Å². The lowest BCUT2D eigenvalue weighted by molar-refractivity contribution is 0.129. The molecule has 1 aliphatic heterocycles. The number of hydrogen-bond acceptors (Lipinski definition) is 3. The Balaban J connectivity index is 2.35. The van der Waals surface area contributed by atoms with Crippen molar-refractivity contribution in [3.63, 3.8) is 0 Å². The number of nitrogens with zero attached hydrogens (tertiary/aromatic N) is 1. The van der Waals surface area contributed by atoms with Gasteiger partial charge in [-0.15, -0.1) is 0 Å². The molecular formula is C15H30N2O. The maximum atomic E-state index is 5.69. The van der Waals surface area contributed by atoms with Gasteiger partial charge in [0.2, 0.25) is 0 Å². The van der Waals surface area contributed by atoms with Crippen molar-refractivity contribution in [2.24, 2.45) is 0 Å². The van der Waals surface area contributed by atoms with Crippen molar-refractivity contribution in [3.8, 4) is 0 Å². The molecule has 0 radical (unpaired) electrons. The normalized spacial score (nSPS) is 25.7. The first-order valence-corrected chi connectivity index (χ1v) is 7.25. The van der Waals surface area contributed by atoms with Crippen molar-refractivity contribution in [2.45, 2.75) is 71.2 Å². The molecule has 18 heavy (non-hydrogen) atoms. The van der Waals surface area contributed by atoms with Gasteiger partial charge in [-0.25, -0.2) is 0 Å². The molecule has 0 spiro atoms. The molecule has 0 aromatic heterocycles. The van der Waals surface area contributed by atoms with Gasteiger partial charge in [0, 0.05) is 18.6 Å². The second kappa shape index (κ2) is 7.15. The van der Waals surface area contributed by atoms with Gasteiger partial charge in [-0.3, -0.25) is 0 Å². The molecule has 3 nitrogen and oxygen atoms in total. The fourth-order valence-corrected chi connectivity index (χ4v) is 2.44. The van der Waals surface area contributed by atoms with Crippen LogP contribution in [0.3, 0.4) is 0 Å². The summed E-state index contributed by atoms with van der Waals surface area (Å²) in [6, 6.07) is 1.56. The Labute approximate surface area is 113 Å². The third-order valence-electron chi connectivity index (χ3n) is 3.87. The average molecular weight is 254 g/mol. The predicted molar refractivity (Wildman–Crippen MR) is 77.7 cm³/mol. The van der Waals surface area contributed by atoms with Crippen molar-refractivity contribution in [1.82, 2.24) is 10.2 Å².